The number of nitrogens with one attached hydrogen (secondary N) is 2. The lowest BCUT2D eigenvalue weighted by Gasteiger charge is -2.29. The first-order chi connectivity index (χ1) is 10.1. The van der Waals surface area contributed by atoms with Crippen LogP contribution in [-0.2, 0) is 17.7 Å². The maximum absolute atomic E-state index is 11.8. The second kappa shape index (κ2) is 7.63. The molecule has 0 fully saturated rings. The topological polar surface area (TPSA) is 50.4 Å². The maximum Gasteiger partial charge on any atom is 0.408 e. The quantitative estimate of drug-likeness (QED) is 0.843. The average Bonchev–Trinajstić information content (AvgIpc) is 2.36. The van der Waals surface area contributed by atoms with Crippen molar-refractivity contribution in [3.63, 3.8) is 0 Å². The molecule has 0 aromatic heterocycles. The van der Waals surface area contributed by atoms with Gasteiger partial charge < -0.3 is 15.4 Å². The van der Waals surface area contributed by atoms with Gasteiger partial charge in [0.2, 0.25) is 0 Å². The van der Waals surface area contributed by atoms with Crippen LogP contribution in [0, 0.1) is 0 Å². The summed E-state index contributed by atoms with van der Waals surface area (Å²) in [6.07, 6.45) is 0.673. The van der Waals surface area contributed by atoms with E-state index >= 15 is 0 Å². The summed E-state index contributed by atoms with van der Waals surface area (Å²) in [7, 11) is 0. The van der Waals surface area contributed by atoms with Gasteiger partial charge in [-0.05, 0) is 52.2 Å². The van der Waals surface area contributed by atoms with E-state index in [9.17, 15) is 4.79 Å². The Morgan fingerprint density at radius 1 is 1.05 bits per heavy atom. The molecule has 0 atom stereocenters. The van der Waals surface area contributed by atoms with E-state index < -0.39 is 5.60 Å². The second-order valence-corrected chi connectivity index (χ2v) is 7.28. The summed E-state index contributed by atoms with van der Waals surface area (Å²) in [5, 5.41) is 6.27. The maximum atomic E-state index is 11.8. The van der Waals surface area contributed by atoms with E-state index in [-0.39, 0.29) is 11.6 Å². The fraction of sp³-hybridized carbons (Fsp3) is 0.611. The number of aryl methyl sites for hydroxylation is 1. The standard InChI is InChI=1S/C18H30N2O2/c1-7-14-8-10-15(11-9-14)12-19-13-18(5,6)20-16(21)22-17(2,3)4/h8-11,19H,7,12-13H2,1-6H3,(H,20,21). The minimum Gasteiger partial charge on any atom is -0.444 e. The summed E-state index contributed by atoms with van der Waals surface area (Å²) in [6, 6.07) is 8.59. The van der Waals surface area contributed by atoms with E-state index in [1.54, 1.807) is 0 Å². The Bertz CT molecular complexity index is 473. The molecule has 0 heterocycles. The molecule has 0 spiro atoms. The Hall–Kier alpha value is -1.55. The lowest BCUT2D eigenvalue weighted by Crippen LogP contribution is -2.51. The number of hydrogen-bond acceptors (Lipinski definition) is 3. The van der Waals surface area contributed by atoms with Gasteiger partial charge in [0.15, 0.2) is 0 Å². The van der Waals surface area contributed by atoms with Gasteiger partial charge in [0.05, 0.1) is 5.54 Å². The number of rotatable bonds is 6. The van der Waals surface area contributed by atoms with Crippen LogP contribution in [0.2, 0.25) is 0 Å². The first kappa shape index (κ1) is 18.5. The molecule has 2 N–H and O–H groups in total. The van der Waals surface area contributed by atoms with Crippen molar-refractivity contribution in [2.24, 2.45) is 0 Å². The molecule has 0 bridgehead atoms. The van der Waals surface area contributed by atoms with Gasteiger partial charge in [0, 0.05) is 13.1 Å². The second-order valence-electron chi connectivity index (χ2n) is 7.28. The van der Waals surface area contributed by atoms with Crippen molar-refractivity contribution in [2.75, 3.05) is 6.54 Å². The highest BCUT2D eigenvalue weighted by Gasteiger charge is 2.24. The third-order valence-corrected chi connectivity index (χ3v) is 3.17. The van der Waals surface area contributed by atoms with E-state index in [4.69, 9.17) is 4.74 Å². The normalized spacial score (nSPS) is 12.1. The molecule has 1 aromatic carbocycles. The van der Waals surface area contributed by atoms with Crippen molar-refractivity contribution in [3.05, 3.63) is 35.4 Å². The van der Waals surface area contributed by atoms with Crippen LogP contribution in [0.25, 0.3) is 0 Å². The SMILES string of the molecule is CCc1ccc(CNCC(C)(C)NC(=O)OC(C)(C)C)cc1. The minimum absolute atomic E-state index is 0.369. The Morgan fingerprint density at radius 3 is 2.09 bits per heavy atom. The number of hydrogen-bond donors (Lipinski definition) is 2. The lowest BCUT2D eigenvalue weighted by molar-refractivity contribution is 0.0472. The Labute approximate surface area is 134 Å². The van der Waals surface area contributed by atoms with E-state index in [0.717, 1.165) is 13.0 Å². The van der Waals surface area contributed by atoms with Crippen LogP contribution in [0.4, 0.5) is 4.79 Å². The molecule has 4 nitrogen and oxygen atoms in total. The lowest BCUT2D eigenvalue weighted by atomic mass is 10.1. The third kappa shape index (κ3) is 7.46. The largest absolute Gasteiger partial charge is 0.444 e. The van der Waals surface area contributed by atoms with Gasteiger partial charge in [-0.15, -0.1) is 0 Å². The van der Waals surface area contributed by atoms with Gasteiger partial charge in [-0.3, -0.25) is 0 Å². The van der Waals surface area contributed by atoms with Gasteiger partial charge in [-0.25, -0.2) is 4.79 Å². The number of carbonyl (C=O) groups is 1. The van der Waals surface area contributed by atoms with Crippen LogP contribution in [0.5, 0.6) is 0 Å². The highest BCUT2D eigenvalue weighted by molar-refractivity contribution is 5.68. The molecule has 1 amide bonds. The summed E-state index contributed by atoms with van der Waals surface area (Å²) in [5.41, 5.74) is 1.74. The van der Waals surface area contributed by atoms with Crippen LogP contribution < -0.4 is 10.6 Å². The summed E-state index contributed by atoms with van der Waals surface area (Å²) in [5.74, 6) is 0. The van der Waals surface area contributed by atoms with Gasteiger partial charge in [0.25, 0.3) is 0 Å². The van der Waals surface area contributed by atoms with Crippen LogP contribution >= 0.6 is 0 Å². The fourth-order valence-electron chi connectivity index (χ4n) is 2.04. The predicted molar refractivity (Wildman–Crippen MR) is 91.0 cm³/mol. The molecule has 4 heteroatoms. The molecule has 22 heavy (non-hydrogen) atoms. The zero-order valence-electron chi connectivity index (χ0n) is 14.7. The molecule has 0 unspecified atom stereocenters. The zero-order chi connectivity index (χ0) is 16.8. The van der Waals surface area contributed by atoms with Gasteiger partial charge >= 0.3 is 6.09 Å². The fourth-order valence-corrected chi connectivity index (χ4v) is 2.04. The van der Waals surface area contributed by atoms with Crippen molar-refractivity contribution in [3.8, 4) is 0 Å². The third-order valence-electron chi connectivity index (χ3n) is 3.17. The first-order valence-electron chi connectivity index (χ1n) is 7.91. The van der Waals surface area contributed by atoms with E-state index in [0.29, 0.717) is 6.54 Å². The molecule has 1 rings (SSSR count). The Kier molecular flexibility index (Phi) is 6.42. The van der Waals surface area contributed by atoms with Crippen molar-refractivity contribution >= 4 is 6.09 Å². The van der Waals surface area contributed by atoms with Crippen LogP contribution in [0.15, 0.2) is 24.3 Å². The number of alkyl carbamates (subject to hydrolysis) is 1. The van der Waals surface area contributed by atoms with E-state index in [2.05, 4.69) is 41.8 Å². The smallest absolute Gasteiger partial charge is 0.408 e. The summed E-state index contributed by atoms with van der Waals surface area (Å²) >= 11 is 0. The molecule has 0 aliphatic carbocycles. The van der Waals surface area contributed by atoms with E-state index in [1.807, 2.05) is 34.6 Å². The van der Waals surface area contributed by atoms with E-state index in [1.165, 1.54) is 11.1 Å². The summed E-state index contributed by atoms with van der Waals surface area (Å²) < 4.78 is 5.29. The summed E-state index contributed by atoms with van der Waals surface area (Å²) in [4.78, 5) is 11.8. The number of carbonyl (C=O) groups excluding carboxylic acids is 1. The molecule has 0 saturated heterocycles. The number of benzene rings is 1. The molecule has 0 aliphatic rings. The van der Waals surface area contributed by atoms with Crippen LogP contribution in [-0.4, -0.2) is 23.8 Å². The monoisotopic (exact) mass is 306 g/mol. The van der Waals surface area contributed by atoms with Gasteiger partial charge in [-0.2, -0.15) is 0 Å². The molecule has 124 valence electrons. The van der Waals surface area contributed by atoms with Crippen molar-refractivity contribution in [1.82, 2.24) is 10.6 Å². The van der Waals surface area contributed by atoms with Gasteiger partial charge in [0.1, 0.15) is 5.60 Å². The molecule has 0 radical (unpaired) electrons. The molecule has 1 aromatic rings. The van der Waals surface area contributed by atoms with Crippen LogP contribution in [0.3, 0.4) is 0 Å². The minimum atomic E-state index is -0.478. The van der Waals surface area contributed by atoms with Crippen molar-refractivity contribution in [1.29, 1.82) is 0 Å². The zero-order valence-corrected chi connectivity index (χ0v) is 14.7. The van der Waals surface area contributed by atoms with Crippen molar-refractivity contribution in [2.45, 2.75) is 65.6 Å². The van der Waals surface area contributed by atoms with Crippen LogP contribution in [0.1, 0.15) is 52.7 Å². The summed E-state index contributed by atoms with van der Waals surface area (Å²) in [6.45, 7) is 13.1. The van der Waals surface area contributed by atoms with Crippen molar-refractivity contribution < 1.29 is 9.53 Å². The van der Waals surface area contributed by atoms with Gasteiger partial charge in [-0.1, -0.05) is 31.2 Å². The molecule has 0 saturated carbocycles. The molecular weight excluding hydrogens is 276 g/mol. The first-order valence-corrected chi connectivity index (χ1v) is 7.91. The Morgan fingerprint density at radius 2 is 1.59 bits per heavy atom. The predicted octanol–water partition coefficient (Wildman–Crippen LogP) is 3.64. The molecule has 0 aliphatic heterocycles. The highest BCUT2D eigenvalue weighted by Crippen LogP contribution is 2.09. The molecular formula is C18H30N2O2. The number of ether oxygens (including phenoxy) is 1. The number of amides is 1. The average molecular weight is 306 g/mol. The highest BCUT2D eigenvalue weighted by atomic mass is 16.6. The Balaban J connectivity index is 2.39.